The number of carbonyl (C=O) groups excluding carboxylic acids is 1. The quantitative estimate of drug-likeness (QED) is 0.245. The molecule has 1 amide bonds. The maximum atomic E-state index is 11.1. The Bertz CT molecular complexity index is 415. The third-order valence-electron chi connectivity index (χ3n) is 4.22. The van der Waals surface area contributed by atoms with Gasteiger partial charge in [-0.15, -0.1) is 0 Å². The average molecular weight is 386 g/mol. The van der Waals surface area contributed by atoms with Crippen LogP contribution < -0.4 is 34.9 Å². The number of hydrogen-bond donors (Lipinski definition) is 1. The summed E-state index contributed by atoms with van der Waals surface area (Å²) in [6.07, 6.45) is 15.4. The minimum atomic E-state index is -4.30. The van der Waals surface area contributed by atoms with E-state index in [1.54, 1.807) is 0 Å². The molecule has 0 radical (unpaired) electrons. The Morgan fingerprint density at radius 1 is 0.880 bits per heavy atom. The number of nitrogens with one attached hydrogen (secondary N) is 1. The predicted octanol–water partition coefficient (Wildman–Crippen LogP) is 1.13. The van der Waals surface area contributed by atoms with Crippen LogP contribution in [0.4, 0.5) is 0 Å². The van der Waals surface area contributed by atoms with Crippen molar-refractivity contribution in [1.82, 2.24) is 5.32 Å². The molecule has 0 spiro atoms. The summed E-state index contributed by atoms with van der Waals surface area (Å²) in [5.74, 6) is -0.799. The van der Waals surface area contributed by atoms with E-state index in [0.29, 0.717) is 6.42 Å². The Kier molecular flexibility index (Phi) is 19.6. The number of amides is 1. The molecule has 25 heavy (non-hydrogen) atoms. The topological polar surface area (TPSA) is 86.3 Å². The van der Waals surface area contributed by atoms with E-state index in [1.807, 2.05) is 0 Å². The van der Waals surface area contributed by atoms with Gasteiger partial charge in [0.2, 0.25) is 5.91 Å². The minimum absolute atomic E-state index is 0. The smallest absolute Gasteiger partial charge is 0.748 e. The van der Waals surface area contributed by atoms with Crippen LogP contribution in [0.15, 0.2) is 0 Å². The number of rotatable bonds is 16. The van der Waals surface area contributed by atoms with Gasteiger partial charge in [0.05, 0.1) is 15.9 Å². The summed E-state index contributed by atoms with van der Waals surface area (Å²) in [6, 6.07) is -0.548. The summed E-state index contributed by atoms with van der Waals surface area (Å²) in [5, 5.41) is 2.56. The molecule has 0 bridgehead atoms. The van der Waals surface area contributed by atoms with Crippen LogP contribution >= 0.6 is 0 Å². The van der Waals surface area contributed by atoms with Gasteiger partial charge in [0.1, 0.15) is 0 Å². The van der Waals surface area contributed by atoms with Gasteiger partial charge in [-0.25, -0.2) is 8.42 Å². The van der Waals surface area contributed by atoms with E-state index in [-0.39, 0.29) is 35.5 Å². The molecule has 0 fully saturated rings. The molecule has 0 rings (SSSR count). The standard InChI is InChI=1S/C18H37NO4S.Na/c1-3-4-5-6-7-8-9-10-11-12-13-14-15-18(19-17(2)20)16-24(21,22)23;/h18H,3-16H2,1-2H3,(H,19,20)(H,21,22,23);/q;+1/p-1. The van der Waals surface area contributed by atoms with Gasteiger partial charge in [0.15, 0.2) is 0 Å². The summed E-state index contributed by atoms with van der Waals surface area (Å²) in [5.41, 5.74) is 0. The minimum Gasteiger partial charge on any atom is -0.748 e. The summed E-state index contributed by atoms with van der Waals surface area (Å²) < 4.78 is 32.5. The van der Waals surface area contributed by atoms with E-state index >= 15 is 0 Å². The number of unbranched alkanes of at least 4 members (excludes halogenated alkanes) is 11. The molecule has 0 saturated heterocycles. The van der Waals surface area contributed by atoms with Crippen LogP contribution in [0.3, 0.4) is 0 Å². The second kappa shape index (κ2) is 17.8. The van der Waals surface area contributed by atoms with E-state index in [4.69, 9.17) is 0 Å². The van der Waals surface area contributed by atoms with Crippen LogP contribution in [-0.4, -0.2) is 30.7 Å². The van der Waals surface area contributed by atoms with Crippen molar-refractivity contribution in [3.63, 3.8) is 0 Å². The third-order valence-corrected chi connectivity index (χ3v) is 5.03. The maximum Gasteiger partial charge on any atom is 1.00 e. The molecular weight excluding hydrogens is 349 g/mol. The Morgan fingerprint density at radius 3 is 1.64 bits per heavy atom. The van der Waals surface area contributed by atoms with Gasteiger partial charge >= 0.3 is 29.6 Å². The second-order valence-corrected chi connectivity index (χ2v) is 8.25. The molecule has 0 aromatic carbocycles. The van der Waals surface area contributed by atoms with E-state index in [1.165, 1.54) is 64.7 Å². The van der Waals surface area contributed by atoms with E-state index in [0.717, 1.165) is 19.3 Å². The first-order valence-electron chi connectivity index (χ1n) is 9.56. The zero-order chi connectivity index (χ0) is 18.3. The fourth-order valence-corrected chi connectivity index (χ4v) is 3.71. The van der Waals surface area contributed by atoms with Crippen LogP contribution in [0.25, 0.3) is 0 Å². The van der Waals surface area contributed by atoms with Gasteiger partial charge in [-0.2, -0.15) is 0 Å². The van der Waals surface area contributed by atoms with Crippen molar-refractivity contribution >= 4 is 16.0 Å². The van der Waals surface area contributed by atoms with Crippen molar-refractivity contribution in [3.8, 4) is 0 Å². The van der Waals surface area contributed by atoms with Crippen LogP contribution in [0, 0.1) is 0 Å². The maximum absolute atomic E-state index is 11.1. The van der Waals surface area contributed by atoms with Crippen LogP contribution in [0.2, 0.25) is 0 Å². The van der Waals surface area contributed by atoms with Crippen LogP contribution in [0.5, 0.6) is 0 Å². The molecule has 0 saturated carbocycles. The van der Waals surface area contributed by atoms with E-state index < -0.39 is 21.9 Å². The fourth-order valence-electron chi connectivity index (χ4n) is 2.96. The molecule has 0 aliphatic carbocycles. The van der Waals surface area contributed by atoms with Crippen LogP contribution in [0.1, 0.15) is 97.3 Å². The molecule has 5 nitrogen and oxygen atoms in total. The van der Waals surface area contributed by atoms with Gasteiger partial charge in [-0.3, -0.25) is 4.79 Å². The van der Waals surface area contributed by atoms with Crippen molar-refractivity contribution in [2.75, 3.05) is 5.75 Å². The zero-order valence-corrected chi connectivity index (χ0v) is 19.3. The van der Waals surface area contributed by atoms with E-state index in [9.17, 15) is 17.8 Å². The first-order chi connectivity index (χ1) is 11.3. The largest absolute Gasteiger partial charge is 1.00 e. The van der Waals surface area contributed by atoms with Crippen molar-refractivity contribution in [2.24, 2.45) is 0 Å². The molecular formula is C18H36NNaO4S. The molecule has 1 unspecified atom stereocenters. The van der Waals surface area contributed by atoms with Gasteiger partial charge < -0.3 is 9.87 Å². The van der Waals surface area contributed by atoms with E-state index in [2.05, 4.69) is 12.2 Å². The monoisotopic (exact) mass is 385 g/mol. The molecule has 1 atom stereocenters. The Balaban J connectivity index is 0. The summed E-state index contributed by atoms with van der Waals surface area (Å²) in [6.45, 7) is 3.57. The molecule has 7 heteroatoms. The zero-order valence-electron chi connectivity index (χ0n) is 16.5. The Labute approximate surface area is 177 Å². The molecule has 144 valence electrons. The van der Waals surface area contributed by atoms with Gasteiger partial charge in [-0.1, -0.05) is 84.0 Å². The predicted molar refractivity (Wildman–Crippen MR) is 97.9 cm³/mol. The van der Waals surface area contributed by atoms with Crippen LogP contribution in [-0.2, 0) is 14.9 Å². The molecule has 0 aromatic heterocycles. The molecule has 1 N–H and O–H groups in total. The number of carbonyl (C=O) groups is 1. The SMILES string of the molecule is CCCCCCCCCCCCCCC(CS(=O)(=O)[O-])NC(C)=O.[Na+]. The summed E-state index contributed by atoms with van der Waals surface area (Å²) in [7, 11) is -4.30. The fraction of sp³-hybridized carbons (Fsp3) is 0.944. The van der Waals surface area contributed by atoms with Crippen molar-refractivity contribution in [3.05, 3.63) is 0 Å². The average Bonchev–Trinajstić information content (AvgIpc) is 2.46. The van der Waals surface area contributed by atoms with Crippen molar-refractivity contribution in [1.29, 1.82) is 0 Å². The first kappa shape index (κ1) is 27.6. The number of hydrogen-bond acceptors (Lipinski definition) is 4. The van der Waals surface area contributed by atoms with Crippen molar-refractivity contribution in [2.45, 2.75) is 103 Å². The molecule has 0 aliphatic heterocycles. The van der Waals surface area contributed by atoms with Gasteiger partial charge in [-0.05, 0) is 6.42 Å². The summed E-state index contributed by atoms with van der Waals surface area (Å²) in [4.78, 5) is 11.1. The first-order valence-corrected chi connectivity index (χ1v) is 11.1. The molecule has 0 aromatic rings. The second-order valence-electron chi connectivity index (χ2n) is 6.80. The van der Waals surface area contributed by atoms with Crippen molar-refractivity contribution < 1.29 is 47.3 Å². The Hall–Kier alpha value is 0.380. The normalized spacial score (nSPS) is 12.4. The van der Waals surface area contributed by atoms with Gasteiger partial charge in [0, 0.05) is 13.0 Å². The molecule has 0 aliphatic rings. The Morgan fingerprint density at radius 2 is 1.28 bits per heavy atom. The third kappa shape index (κ3) is 22.3. The summed E-state index contributed by atoms with van der Waals surface area (Å²) >= 11 is 0. The van der Waals surface area contributed by atoms with Gasteiger partial charge in [0.25, 0.3) is 0 Å². The molecule has 0 heterocycles.